The third kappa shape index (κ3) is 3.79. The van der Waals surface area contributed by atoms with Gasteiger partial charge >= 0.3 is 0 Å². The normalized spacial score (nSPS) is 21.7. The van der Waals surface area contributed by atoms with Gasteiger partial charge < -0.3 is 9.47 Å². The van der Waals surface area contributed by atoms with Crippen LogP contribution < -0.4 is 9.47 Å². The van der Waals surface area contributed by atoms with E-state index in [9.17, 15) is 4.79 Å². The molecule has 28 heavy (non-hydrogen) atoms. The summed E-state index contributed by atoms with van der Waals surface area (Å²) in [5.41, 5.74) is 3.64. The molecule has 2 heterocycles. The molecular formula is C24H29NO3. The summed E-state index contributed by atoms with van der Waals surface area (Å²) in [7, 11) is 1.69. The van der Waals surface area contributed by atoms with Crippen molar-refractivity contribution in [2.45, 2.75) is 45.3 Å². The number of ether oxygens (including phenoxy) is 2. The minimum Gasteiger partial charge on any atom is -0.493 e. The fourth-order valence-electron chi connectivity index (χ4n) is 4.57. The molecule has 0 spiro atoms. The van der Waals surface area contributed by atoms with Gasteiger partial charge in [0.2, 0.25) is 0 Å². The predicted octanol–water partition coefficient (Wildman–Crippen LogP) is 4.56. The number of hydrogen-bond donors (Lipinski definition) is 0. The maximum atomic E-state index is 12.7. The highest BCUT2D eigenvalue weighted by atomic mass is 16.5. The average Bonchev–Trinajstić information content (AvgIpc) is 2.73. The topological polar surface area (TPSA) is 38.8 Å². The van der Waals surface area contributed by atoms with Gasteiger partial charge in [0.05, 0.1) is 7.11 Å². The van der Waals surface area contributed by atoms with Gasteiger partial charge in [-0.15, -0.1) is 0 Å². The van der Waals surface area contributed by atoms with E-state index in [1.807, 2.05) is 18.2 Å². The third-order valence-electron chi connectivity index (χ3n) is 6.07. The summed E-state index contributed by atoms with van der Waals surface area (Å²) in [5.74, 6) is 2.15. The van der Waals surface area contributed by atoms with Gasteiger partial charge in [0, 0.05) is 31.5 Å². The van der Waals surface area contributed by atoms with E-state index in [-0.39, 0.29) is 12.0 Å². The Bertz CT molecular complexity index is 833. The second kappa shape index (κ2) is 8.36. The molecule has 2 aliphatic heterocycles. The average molecular weight is 380 g/mol. The monoisotopic (exact) mass is 379 g/mol. The Balaban J connectivity index is 1.59. The molecule has 2 aromatic rings. The number of benzene rings is 2. The van der Waals surface area contributed by atoms with E-state index >= 15 is 0 Å². The molecule has 1 fully saturated rings. The third-order valence-corrected chi connectivity index (χ3v) is 6.07. The van der Waals surface area contributed by atoms with E-state index in [4.69, 9.17) is 9.47 Å². The number of hydrogen-bond acceptors (Lipinski definition) is 4. The summed E-state index contributed by atoms with van der Waals surface area (Å²) >= 11 is 0. The van der Waals surface area contributed by atoms with E-state index in [2.05, 4.69) is 36.1 Å². The second-order valence-corrected chi connectivity index (χ2v) is 7.89. The lowest BCUT2D eigenvalue weighted by Gasteiger charge is -2.43. The van der Waals surface area contributed by atoms with Crippen molar-refractivity contribution < 1.29 is 14.3 Å². The molecule has 0 aromatic heterocycles. The zero-order valence-electron chi connectivity index (χ0n) is 16.8. The van der Waals surface area contributed by atoms with Crippen molar-refractivity contribution in [3.05, 3.63) is 59.2 Å². The molecule has 0 bridgehead atoms. The van der Waals surface area contributed by atoms with E-state index in [0.29, 0.717) is 18.8 Å². The molecule has 4 heteroatoms. The minimum absolute atomic E-state index is 0.175. The summed E-state index contributed by atoms with van der Waals surface area (Å²) < 4.78 is 11.7. The Labute approximate surface area is 167 Å². The first kappa shape index (κ1) is 19.0. The first-order chi connectivity index (χ1) is 13.7. The van der Waals surface area contributed by atoms with E-state index in [1.165, 1.54) is 11.1 Å². The zero-order chi connectivity index (χ0) is 19.5. The largest absolute Gasteiger partial charge is 0.493 e. The number of nitrogens with zero attached hydrogens (tertiary/aromatic N) is 1. The molecule has 2 aromatic carbocycles. The van der Waals surface area contributed by atoms with Crippen molar-refractivity contribution in [2.75, 3.05) is 20.2 Å². The Kier molecular flexibility index (Phi) is 5.67. The maximum absolute atomic E-state index is 12.7. The van der Waals surface area contributed by atoms with E-state index < -0.39 is 0 Å². The summed E-state index contributed by atoms with van der Waals surface area (Å²) in [6.45, 7) is 4.57. The van der Waals surface area contributed by atoms with Gasteiger partial charge in [0.1, 0.15) is 12.4 Å². The lowest BCUT2D eigenvalue weighted by molar-refractivity contribution is -0.129. The van der Waals surface area contributed by atoms with Gasteiger partial charge in [-0.25, -0.2) is 0 Å². The van der Waals surface area contributed by atoms with Crippen LogP contribution in [0.1, 0.15) is 48.9 Å². The molecule has 0 radical (unpaired) electrons. The van der Waals surface area contributed by atoms with Crippen LogP contribution in [0.15, 0.2) is 42.5 Å². The van der Waals surface area contributed by atoms with Crippen LogP contribution in [0, 0.1) is 5.92 Å². The molecule has 1 saturated heterocycles. The number of carbonyl (C=O) groups is 1. The van der Waals surface area contributed by atoms with Crippen molar-refractivity contribution in [1.29, 1.82) is 0 Å². The molecule has 0 amide bonds. The van der Waals surface area contributed by atoms with Gasteiger partial charge in [-0.1, -0.05) is 43.7 Å². The van der Waals surface area contributed by atoms with Crippen LogP contribution in [0.25, 0.3) is 0 Å². The summed E-state index contributed by atoms with van der Waals surface area (Å²) in [6.07, 6.45) is 3.68. The molecule has 0 N–H and O–H groups in total. The fraction of sp³-hybridized carbons (Fsp3) is 0.458. The highest BCUT2D eigenvalue weighted by Crippen LogP contribution is 2.42. The first-order valence-electron chi connectivity index (χ1n) is 10.3. The molecule has 0 unspecified atom stereocenters. The van der Waals surface area contributed by atoms with Gasteiger partial charge in [-0.2, -0.15) is 0 Å². The number of ketones is 1. The molecular weight excluding hydrogens is 350 g/mol. The summed E-state index contributed by atoms with van der Waals surface area (Å²) in [4.78, 5) is 15.2. The smallest absolute Gasteiger partial charge is 0.162 e. The predicted molar refractivity (Wildman–Crippen MR) is 110 cm³/mol. The Morgan fingerprint density at radius 1 is 1.14 bits per heavy atom. The SMILES string of the molecule is CCC[C@H]1CN2CCc3cc(OC)c(OCc4ccccc4)cc3[C@H]2CC1=O. The number of rotatable bonds is 6. The van der Waals surface area contributed by atoms with E-state index in [0.717, 1.165) is 49.4 Å². The second-order valence-electron chi connectivity index (χ2n) is 7.89. The molecule has 0 aliphatic carbocycles. The van der Waals surface area contributed by atoms with Crippen molar-refractivity contribution in [3.63, 3.8) is 0 Å². The fourth-order valence-corrected chi connectivity index (χ4v) is 4.57. The first-order valence-corrected chi connectivity index (χ1v) is 10.3. The van der Waals surface area contributed by atoms with Crippen LogP contribution in [0.2, 0.25) is 0 Å². The number of methoxy groups -OCH3 is 1. The van der Waals surface area contributed by atoms with Crippen molar-refractivity contribution in [2.24, 2.45) is 5.92 Å². The molecule has 0 saturated carbocycles. The Morgan fingerprint density at radius 2 is 1.96 bits per heavy atom. The molecule has 4 nitrogen and oxygen atoms in total. The summed E-state index contributed by atoms with van der Waals surface area (Å²) in [5, 5.41) is 0. The lowest BCUT2D eigenvalue weighted by atomic mass is 9.81. The van der Waals surface area contributed by atoms with Crippen LogP contribution in [0.5, 0.6) is 11.5 Å². The maximum Gasteiger partial charge on any atom is 0.162 e. The van der Waals surface area contributed by atoms with Gasteiger partial charge in [0.15, 0.2) is 11.5 Å². The minimum atomic E-state index is 0.175. The van der Waals surface area contributed by atoms with Crippen LogP contribution >= 0.6 is 0 Å². The van der Waals surface area contributed by atoms with Gasteiger partial charge in [0.25, 0.3) is 0 Å². The van der Waals surface area contributed by atoms with Crippen molar-refractivity contribution in [1.82, 2.24) is 4.90 Å². The molecule has 4 rings (SSSR count). The quantitative estimate of drug-likeness (QED) is 0.737. The summed E-state index contributed by atoms with van der Waals surface area (Å²) in [6, 6.07) is 14.5. The van der Waals surface area contributed by atoms with Crippen molar-refractivity contribution >= 4 is 5.78 Å². The number of piperidine rings is 1. The number of fused-ring (bicyclic) bond motifs is 3. The molecule has 2 atom stereocenters. The Hall–Kier alpha value is -2.33. The van der Waals surface area contributed by atoms with Crippen LogP contribution in [-0.4, -0.2) is 30.9 Å². The number of carbonyl (C=O) groups excluding carboxylic acids is 1. The van der Waals surface area contributed by atoms with E-state index in [1.54, 1.807) is 7.11 Å². The highest BCUT2D eigenvalue weighted by molar-refractivity contribution is 5.83. The van der Waals surface area contributed by atoms with Crippen LogP contribution in [0.4, 0.5) is 0 Å². The zero-order valence-corrected chi connectivity index (χ0v) is 16.8. The highest BCUT2D eigenvalue weighted by Gasteiger charge is 2.38. The van der Waals surface area contributed by atoms with Gasteiger partial charge in [-0.05, 0) is 41.7 Å². The van der Waals surface area contributed by atoms with Crippen molar-refractivity contribution in [3.8, 4) is 11.5 Å². The number of Topliss-reactive ketones (excluding diaryl/α,β-unsaturated/α-hetero) is 1. The molecule has 148 valence electrons. The lowest BCUT2D eigenvalue weighted by Crippen LogP contribution is -2.46. The van der Waals surface area contributed by atoms with Gasteiger partial charge in [-0.3, -0.25) is 9.69 Å². The Morgan fingerprint density at radius 3 is 2.71 bits per heavy atom. The molecule has 2 aliphatic rings. The van der Waals surface area contributed by atoms with Crippen LogP contribution in [0.3, 0.4) is 0 Å². The van der Waals surface area contributed by atoms with Crippen LogP contribution in [-0.2, 0) is 17.8 Å². The standard InChI is InChI=1S/C24H29NO3/c1-3-7-19-15-25-11-10-18-12-23(27-2)24(13-20(18)21(25)14-22(19)26)28-16-17-8-5-4-6-9-17/h4-6,8-9,12-13,19,21H,3,7,10-11,14-16H2,1-2H3/t19-,21+/m0/s1.